The van der Waals surface area contributed by atoms with Crippen molar-refractivity contribution in [3.63, 3.8) is 0 Å². The zero-order valence-electron chi connectivity index (χ0n) is 7.85. The standard InChI is InChI=1S/C9H17NO2/c1-3-8(2)4-5-12-9(10-8)6-11-7-9/h10H,3-7H2,1-2H3. The van der Waals surface area contributed by atoms with E-state index in [0.717, 1.165) is 19.4 Å². The van der Waals surface area contributed by atoms with Gasteiger partial charge in [-0.3, -0.25) is 5.32 Å². The molecule has 0 aromatic heterocycles. The molecule has 12 heavy (non-hydrogen) atoms. The first-order valence-corrected chi connectivity index (χ1v) is 4.69. The van der Waals surface area contributed by atoms with Crippen LogP contribution in [0.4, 0.5) is 0 Å². The summed E-state index contributed by atoms with van der Waals surface area (Å²) in [6.45, 7) is 6.76. The fourth-order valence-corrected chi connectivity index (χ4v) is 1.83. The van der Waals surface area contributed by atoms with Crippen molar-refractivity contribution in [1.82, 2.24) is 5.32 Å². The van der Waals surface area contributed by atoms with Crippen LogP contribution in [-0.2, 0) is 9.47 Å². The molecule has 3 heteroatoms. The highest BCUT2D eigenvalue weighted by atomic mass is 16.6. The summed E-state index contributed by atoms with van der Waals surface area (Å²) >= 11 is 0. The van der Waals surface area contributed by atoms with E-state index in [-0.39, 0.29) is 11.3 Å². The Labute approximate surface area is 73.4 Å². The van der Waals surface area contributed by atoms with Gasteiger partial charge in [0.25, 0.3) is 0 Å². The van der Waals surface area contributed by atoms with E-state index in [4.69, 9.17) is 9.47 Å². The minimum absolute atomic E-state index is 0.136. The Kier molecular flexibility index (Phi) is 1.90. The van der Waals surface area contributed by atoms with E-state index < -0.39 is 0 Å². The van der Waals surface area contributed by atoms with Gasteiger partial charge in [-0.05, 0) is 19.8 Å². The molecule has 1 N–H and O–H groups in total. The molecule has 0 bridgehead atoms. The van der Waals surface area contributed by atoms with E-state index >= 15 is 0 Å². The van der Waals surface area contributed by atoms with Crippen LogP contribution in [0.25, 0.3) is 0 Å². The van der Waals surface area contributed by atoms with Crippen LogP contribution in [0.2, 0.25) is 0 Å². The lowest BCUT2D eigenvalue weighted by Gasteiger charge is -2.51. The third kappa shape index (κ3) is 1.26. The van der Waals surface area contributed by atoms with Gasteiger partial charge in [0.05, 0.1) is 19.8 Å². The average Bonchev–Trinajstić information content (AvgIpc) is 2.02. The largest absolute Gasteiger partial charge is 0.372 e. The highest BCUT2D eigenvalue weighted by Gasteiger charge is 2.47. The zero-order valence-corrected chi connectivity index (χ0v) is 7.85. The Morgan fingerprint density at radius 2 is 2.17 bits per heavy atom. The molecule has 2 fully saturated rings. The Morgan fingerprint density at radius 1 is 1.42 bits per heavy atom. The molecule has 1 unspecified atom stereocenters. The van der Waals surface area contributed by atoms with Gasteiger partial charge in [-0.1, -0.05) is 6.92 Å². The van der Waals surface area contributed by atoms with Gasteiger partial charge < -0.3 is 9.47 Å². The third-order valence-corrected chi connectivity index (χ3v) is 3.01. The van der Waals surface area contributed by atoms with Crippen molar-refractivity contribution in [2.24, 2.45) is 0 Å². The van der Waals surface area contributed by atoms with Crippen LogP contribution in [0.3, 0.4) is 0 Å². The quantitative estimate of drug-likeness (QED) is 0.635. The van der Waals surface area contributed by atoms with Crippen molar-refractivity contribution in [2.45, 2.75) is 38.0 Å². The third-order valence-electron chi connectivity index (χ3n) is 3.01. The molecule has 2 rings (SSSR count). The lowest BCUT2D eigenvalue weighted by Crippen LogP contribution is -2.71. The molecular formula is C9H17NO2. The van der Waals surface area contributed by atoms with Crippen LogP contribution in [-0.4, -0.2) is 31.1 Å². The van der Waals surface area contributed by atoms with Crippen molar-refractivity contribution >= 4 is 0 Å². The number of hydrogen-bond acceptors (Lipinski definition) is 3. The van der Waals surface area contributed by atoms with Crippen molar-refractivity contribution in [2.75, 3.05) is 19.8 Å². The predicted molar refractivity (Wildman–Crippen MR) is 46.0 cm³/mol. The first-order valence-electron chi connectivity index (χ1n) is 4.69. The smallest absolute Gasteiger partial charge is 0.166 e. The monoisotopic (exact) mass is 171 g/mol. The second-order valence-electron chi connectivity index (χ2n) is 4.12. The average molecular weight is 171 g/mol. The molecule has 2 heterocycles. The lowest BCUT2D eigenvalue weighted by molar-refractivity contribution is -0.256. The highest BCUT2D eigenvalue weighted by Crippen LogP contribution is 2.30. The van der Waals surface area contributed by atoms with Gasteiger partial charge in [0.15, 0.2) is 5.72 Å². The SMILES string of the molecule is CCC1(C)CCOC2(COC2)N1. The van der Waals surface area contributed by atoms with Crippen LogP contribution in [0.1, 0.15) is 26.7 Å². The number of ether oxygens (including phenoxy) is 2. The fourth-order valence-electron chi connectivity index (χ4n) is 1.83. The van der Waals surface area contributed by atoms with Gasteiger partial charge in [0, 0.05) is 5.54 Å². The molecule has 0 aromatic rings. The normalized spacial score (nSPS) is 39.5. The van der Waals surface area contributed by atoms with Gasteiger partial charge in [-0.15, -0.1) is 0 Å². The zero-order chi connectivity index (χ0) is 8.66. The van der Waals surface area contributed by atoms with E-state index in [9.17, 15) is 0 Å². The molecule has 0 aromatic carbocycles. The minimum Gasteiger partial charge on any atom is -0.372 e. The molecule has 2 aliphatic heterocycles. The fraction of sp³-hybridized carbons (Fsp3) is 1.00. The maximum atomic E-state index is 5.66. The summed E-state index contributed by atoms with van der Waals surface area (Å²) in [5.41, 5.74) is 0.116. The minimum atomic E-state index is -0.136. The van der Waals surface area contributed by atoms with Crippen molar-refractivity contribution in [3.8, 4) is 0 Å². The van der Waals surface area contributed by atoms with Gasteiger partial charge in [0.1, 0.15) is 0 Å². The molecule has 3 nitrogen and oxygen atoms in total. The maximum absolute atomic E-state index is 5.66. The topological polar surface area (TPSA) is 30.5 Å². The summed E-state index contributed by atoms with van der Waals surface area (Å²) in [7, 11) is 0. The summed E-state index contributed by atoms with van der Waals surface area (Å²) in [5.74, 6) is 0. The van der Waals surface area contributed by atoms with Crippen molar-refractivity contribution in [3.05, 3.63) is 0 Å². The van der Waals surface area contributed by atoms with Gasteiger partial charge in [-0.25, -0.2) is 0 Å². The Hall–Kier alpha value is -0.120. The Balaban J connectivity index is 2.03. The molecule has 0 saturated carbocycles. The van der Waals surface area contributed by atoms with Gasteiger partial charge in [-0.2, -0.15) is 0 Å². The van der Waals surface area contributed by atoms with Gasteiger partial charge >= 0.3 is 0 Å². The summed E-state index contributed by atoms with van der Waals surface area (Å²) in [4.78, 5) is 0. The summed E-state index contributed by atoms with van der Waals surface area (Å²) in [6, 6.07) is 0. The molecule has 0 amide bonds. The highest BCUT2D eigenvalue weighted by molar-refractivity contribution is 4.97. The lowest BCUT2D eigenvalue weighted by atomic mass is 9.90. The van der Waals surface area contributed by atoms with Crippen LogP contribution in [0.5, 0.6) is 0 Å². The summed E-state index contributed by atoms with van der Waals surface area (Å²) < 4.78 is 10.8. The molecular weight excluding hydrogens is 154 g/mol. The predicted octanol–water partition coefficient (Wildman–Crippen LogP) is 0.891. The second-order valence-corrected chi connectivity index (χ2v) is 4.12. The molecule has 70 valence electrons. The molecule has 2 saturated heterocycles. The van der Waals surface area contributed by atoms with Crippen LogP contribution in [0, 0.1) is 0 Å². The second kappa shape index (κ2) is 2.69. The molecule has 1 atom stereocenters. The van der Waals surface area contributed by atoms with Crippen LogP contribution < -0.4 is 5.32 Å². The number of nitrogens with one attached hydrogen (secondary N) is 1. The van der Waals surface area contributed by atoms with Crippen LogP contribution in [0.15, 0.2) is 0 Å². The Bertz CT molecular complexity index is 170. The van der Waals surface area contributed by atoms with Crippen LogP contribution >= 0.6 is 0 Å². The Morgan fingerprint density at radius 3 is 2.67 bits per heavy atom. The van der Waals surface area contributed by atoms with Crippen molar-refractivity contribution < 1.29 is 9.47 Å². The number of rotatable bonds is 1. The van der Waals surface area contributed by atoms with E-state index in [1.54, 1.807) is 0 Å². The molecule has 0 radical (unpaired) electrons. The van der Waals surface area contributed by atoms with Gasteiger partial charge in [0.2, 0.25) is 0 Å². The molecule has 2 aliphatic rings. The summed E-state index contributed by atoms with van der Waals surface area (Å²) in [5, 5.41) is 3.55. The van der Waals surface area contributed by atoms with E-state index in [2.05, 4.69) is 19.2 Å². The maximum Gasteiger partial charge on any atom is 0.166 e. The first kappa shape index (κ1) is 8.48. The van der Waals surface area contributed by atoms with Crippen molar-refractivity contribution in [1.29, 1.82) is 0 Å². The van der Waals surface area contributed by atoms with E-state index in [0.29, 0.717) is 13.2 Å². The van der Waals surface area contributed by atoms with E-state index in [1.807, 2.05) is 0 Å². The number of hydrogen-bond donors (Lipinski definition) is 1. The summed E-state index contributed by atoms with van der Waals surface area (Å²) in [6.07, 6.45) is 2.25. The van der Waals surface area contributed by atoms with E-state index in [1.165, 1.54) is 0 Å². The molecule has 1 spiro atoms. The molecule has 0 aliphatic carbocycles. The first-order chi connectivity index (χ1) is 5.68.